The quantitative estimate of drug-likeness (QED) is 0.154. The first-order valence-electron chi connectivity index (χ1n) is 13.6. The summed E-state index contributed by atoms with van der Waals surface area (Å²) < 4.78 is 27.1. The van der Waals surface area contributed by atoms with Gasteiger partial charge >= 0.3 is 12.2 Å². The first kappa shape index (κ1) is 33.3. The number of Topliss-reactive ketones (excluding diaryl/α,β-unsaturated/α-hetero) is 1. The number of nitrogens with one attached hydrogen (secondary N) is 3. The number of carbonyl (C=O) groups is 3. The zero-order valence-electron chi connectivity index (χ0n) is 24.2. The van der Waals surface area contributed by atoms with Crippen LogP contribution in [0.1, 0.15) is 64.2 Å². The molecule has 1 heterocycles. The fourth-order valence-corrected chi connectivity index (χ4v) is 3.50. The molecule has 1 aliphatic rings. The molecular formula is C28H45N3O9. The van der Waals surface area contributed by atoms with Gasteiger partial charge in [0, 0.05) is 37.3 Å². The predicted octanol–water partition coefficient (Wildman–Crippen LogP) is 3.23. The minimum Gasteiger partial charge on any atom is -0.447 e. The Morgan fingerprint density at radius 2 is 1.70 bits per heavy atom. The maximum atomic E-state index is 11.9. The van der Waals surface area contributed by atoms with Crippen LogP contribution in [-0.4, -0.2) is 92.7 Å². The minimum absolute atomic E-state index is 0.0468. The number of ether oxygens (including phenoxy) is 5. The van der Waals surface area contributed by atoms with Crippen LogP contribution < -0.4 is 16.0 Å². The summed E-state index contributed by atoms with van der Waals surface area (Å²) in [6.07, 6.45) is -0.530. The van der Waals surface area contributed by atoms with Gasteiger partial charge in [0.1, 0.15) is 12.7 Å². The summed E-state index contributed by atoms with van der Waals surface area (Å²) in [6.45, 7) is 11.3. The van der Waals surface area contributed by atoms with Gasteiger partial charge in [0.25, 0.3) is 0 Å². The highest BCUT2D eigenvalue weighted by Gasteiger charge is 2.25. The number of anilines is 1. The van der Waals surface area contributed by atoms with Crippen molar-refractivity contribution in [1.82, 2.24) is 10.6 Å². The second-order valence-corrected chi connectivity index (χ2v) is 10.8. The first-order valence-corrected chi connectivity index (χ1v) is 13.6. The number of aliphatic hydroxyl groups is 1. The highest BCUT2D eigenvalue weighted by atomic mass is 16.7. The summed E-state index contributed by atoms with van der Waals surface area (Å²) in [4.78, 5) is 35.1. The summed E-state index contributed by atoms with van der Waals surface area (Å²) in [7, 11) is 0. The molecule has 40 heavy (non-hydrogen) atoms. The molecule has 2 rings (SSSR count). The topological polar surface area (TPSA) is 154 Å². The molecule has 1 saturated heterocycles. The number of rotatable bonds is 18. The van der Waals surface area contributed by atoms with E-state index in [-0.39, 0.29) is 32.1 Å². The van der Waals surface area contributed by atoms with Gasteiger partial charge in [-0.1, -0.05) is 12.1 Å². The molecule has 2 unspecified atom stereocenters. The number of alkyl carbamates (subject to hydrolysis) is 2. The van der Waals surface area contributed by atoms with Crippen molar-refractivity contribution in [3.8, 4) is 0 Å². The standard InChI is InChI=1S/C28H45N3O9/c1-20(32)21-7-6-8-22(17-21)31-18-23(33)19-37-25(34)30-13-16-39-28(4,5)11-15-38-27(2,3)10-12-29-26(35)40-24-9-14-36-24/h6-8,17,23-24,31,33H,9-16,18-19H2,1-5H3,(H,29,35)(H,30,34). The molecule has 2 amide bonds. The fraction of sp³-hybridized carbons (Fsp3) is 0.679. The third-order valence-electron chi connectivity index (χ3n) is 6.17. The molecule has 0 spiro atoms. The maximum absolute atomic E-state index is 11.9. The molecule has 1 aliphatic heterocycles. The Balaban J connectivity index is 1.51. The van der Waals surface area contributed by atoms with Crippen molar-refractivity contribution in [2.45, 2.75) is 77.5 Å². The Labute approximate surface area is 236 Å². The Kier molecular flexibility index (Phi) is 13.6. The van der Waals surface area contributed by atoms with E-state index >= 15 is 0 Å². The predicted molar refractivity (Wildman–Crippen MR) is 148 cm³/mol. The van der Waals surface area contributed by atoms with E-state index in [1.165, 1.54) is 6.92 Å². The van der Waals surface area contributed by atoms with E-state index in [1.54, 1.807) is 24.3 Å². The van der Waals surface area contributed by atoms with Crippen LogP contribution in [-0.2, 0) is 23.7 Å². The molecule has 1 aromatic carbocycles. The second kappa shape index (κ2) is 16.4. The van der Waals surface area contributed by atoms with Crippen molar-refractivity contribution < 1.29 is 43.2 Å². The first-order chi connectivity index (χ1) is 18.8. The van der Waals surface area contributed by atoms with E-state index in [0.717, 1.165) is 6.42 Å². The Hall–Kier alpha value is -2.93. The number of ketones is 1. The van der Waals surface area contributed by atoms with Crippen LogP contribution in [0.5, 0.6) is 0 Å². The van der Waals surface area contributed by atoms with Crippen LogP contribution in [0.15, 0.2) is 24.3 Å². The minimum atomic E-state index is -0.919. The summed E-state index contributed by atoms with van der Waals surface area (Å²) in [5.74, 6) is -0.0468. The molecule has 1 aromatic rings. The van der Waals surface area contributed by atoms with E-state index < -0.39 is 35.8 Å². The van der Waals surface area contributed by atoms with E-state index in [4.69, 9.17) is 23.7 Å². The van der Waals surface area contributed by atoms with Crippen LogP contribution >= 0.6 is 0 Å². The van der Waals surface area contributed by atoms with E-state index in [0.29, 0.717) is 43.9 Å². The SMILES string of the molecule is CC(=O)c1cccc(NCC(O)COC(=O)NCCOC(C)(C)CCOC(C)(C)CCNC(=O)OC2CCO2)c1. The molecule has 0 saturated carbocycles. The lowest BCUT2D eigenvalue weighted by Gasteiger charge is -2.30. The Bertz CT molecular complexity index is 951. The molecule has 0 aromatic heterocycles. The maximum Gasteiger partial charge on any atom is 0.409 e. The number of benzene rings is 1. The van der Waals surface area contributed by atoms with Gasteiger partial charge < -0.3 is 44.7 Å². The van der Waals surface area contributed by atoms with Crippen molar-refractivity contribution >= 4 is 23.7 Å². The van der Waals surface area contributed by atoms with E-state index in [9.17, 15) is 19.5 Å². The number of hydrogen-bond donors (Lipinski definition) is 4. The molecule has 1 fully saturated rings. The molecule has 12 heteroatoms. The average molecular weight is 568 g/mol. The summed E-state index contributed by atoms with van der Waals surface area (Å²) >= 11 is 0. The smallest absolute Gasteiger partial charge is 0.409 e. The average Bonchev–Trinajstić information content (AvgIpc) is 2.86. The summed E-state index contributed by atoms with van der Waals surface area (Å²) in [5.41, 5.74) is 0.341. The summed E-state index contributed by atoms with van der Waals surface area (Å²) in [6, 6.07) is 6.95. The molecule has 0 aliphatic carbocycles. The molecular weight excluding hydrogens is 522 g/mol. The van der Waals surface area contributed by atoms with Gasteiger partial charge in [-0.3, -0.25) is 4.79 Å². The number of amides is 2. The zero-order chi connectivity index (χ0) is 29.6. The monoisotopic (exact) mass is 567 g/mol. The third kappa shape index (κ3) is 13.9. The number of carbonyl (C=O) groups excluding carboxylic acids is 3. The highest BCUT2D eigenvalue weighted by Crippen LogP contribution is 2.19. The van der Waals surface area contributed by atoms with Crippen molar-refractivity contribution in [2.75, 3.05) is 51.4 Å². The largest absolute Gasteiger partial charge is 0.447 e. The lowest BCUT2D eigenvalue weighted by molar-refractivity contribution is -0.182. The van der Waals surface area contributed by atoms with Crippen LogP contribution in [0, 0.1) is 0 Å². The van der Waals surface area contributed by atoms with E-state index in [2.05, 4.69) is 16.0 Å². The lowest BCUT2D eigenvalue weighted by Crippen LogP contribution is -2.39. The molecule has 0 bridgehead atoms. The molecule has 4 N–H and O–H groups in total. The van der Waals surface area contributed by atoms with Gasteiger partial charge in [-0.05, 0) is 59.6 Å². The van der Waals surface area contributed by atoms with Gasteiger partial charge in [0.15, 0.2) is 5.78 Å². The molecule has 0 radical (unpaired) electrons. The Morgan fingerprint density at radius 3 is 2.38 bits per heavy atom. The number of hydrogen-bond acceptors (Lipinski definition) is 10. The van der Waals surface area contributed by atoms with Crippen molar-refractivity contribution in [3.63, 3.8) is 0 Å². The van der Waals surface area contributed by atoms with Crippen molar-refractivity contribution in [2.24, 2.45) is 0 Å². The Morgan fingerprint density at radius 1 is 1.02 bits per heavy atom. The zero-order valence-corrected chi connectivity index (χ0v) is 24.2. The van der Waals surface area contributed by atoms with Gasteiger partial charge in [0.05, 0.1) is 31.0 Å². The second-order valence-electron chi connectivity index (χ2n) is 10.8. The van der Waals surface area contributed by atoms with Crippen LogP contribution in [0.2, 0.25) is 0 Å². The van der Waals surface area contributed by atoms with Gasteiger partial charge in [0.2, 0.25) is 6.29 Å². The molecule has 226 valence electrons. The van der Waals surface area contributed by atoms with Gasteiger partial charge in [-0.25, -0.2) is 9.59 Å². The van der Waals surface area contributed by atoms with Crippen molar-refractivity contribution in [3.05, 3.63) is 29.8 Å². The van der Waals surface area contributed by atoms with Crippen molar-refractivity contribution in [1.29, 1.82) is 0 Å². The van der Waals surface area contributed by atoms with Gasteiger partial charge in [-0.15, -0.1) is 0 Å². The lowest BCUT2D eigenvalue weighted by atomic mass is 10.0. The third-order valence-corrected chi connectivity index (χ3v) is 6.17. The molecule has 2 atom stereocenters. The summed E-state index contributed by atoms with van der Waals surface area (Å²) in [5, 5.41) is 18.4. The number of aliphatic hydroxyl groups excluding tert-OH is 1. The van der Waals surface area contributed by atoms with E-state index in [1.807, 2.05) is 27.7 Å². The van der Waals surface area contributed by atoms with Crippen LogP contribution in [0.3, 0.4) is 0 Å². The van der Waals surface area contributed by atoms with Gasteiger partial charge in [-0.2, -0.15) is 0 Å². The van der Waals surface area contributed by atoms with Crippen LogP contribution in [0.4, 0.5) is 15.3 Å². The molecule has 12 nitrogen and oxygen atoms in total. The fourth-order valence-electron chi connectivity index (χ4n) is 3.50. The highest BCUT2D eigenvalue weighted by molar-refractivity contribution is 5.94. The van der Waals surface area contributed by atoms with Crippen LogP contribution in [0.25, 0.3) is 0 Å². The normalized spacial score (nSPS) is 15.9.